The Kier molecular flexibility index (Phi) is 3.19. The average Bonchev–Trinajstić information content (AvgIpc) is 2.87. The molecule has 0 aliphatic heterocycles. The second-order valence-electron chi connectivity index (χ2n) is 3.59. The predicted molar refractivity (Wildman–Crippen MR) is 61.7 cm³/mol. The van der Waals surface area contributed by atoms with Crippen LogP contribution in [-0.4, -0.2) is 18.0 Å². The number of carboxylic acid groups (broad SMARTS) is 1. The Morgan fingerprint density at radius 3 is 2.58 bits per heavy atom. The number of furan rings is 1. The number of carbonyl (C=O) groups excluding carboxylic acids is 1. The van der Waals surface area contributed by atoms with Crippen molar-refractivity contribution in [1.29, 1.82) is 0 Å². The summed E-state index contributed by atoms with van der Waals surface area (Å²) in [6, 6.07) is 6.60. The Morgan fingerprint density at radius 1 is 1.32 bits per heavy atom. The van der Waals surface area contributed by atoms with Crippen LogP contribution in [0.15, 0.2) is 34.7 Å². The summed E-state index contributed by atoms with van der Waals surface area (Å²) in [5, 5.41) is 21.3. The summed E-state index contributed by atoms with van der Waals surface area (Å²) in [6.45, 7) is 0. The van der Waals surface area contributed by atoms with Gasteiger partial charge in [-0.05, 0) is 18.2 Å². The minimum atomic E-state index is -1.44. The number of hydrogen-bond donors (Lipinski definition) is 0. The summed E-state index contributed by atoms with van der Waals surface area (Å²) >= 11 is 0. The molecule has 1 aromatic carbocycles. The molecule has 0 radical (unpaired) electrons. The SMILES string of the molecule is COc1cc([N+](=O)[O-])ccc1-c1ccc(C(=O)[O-])o1. The van der Waals surface area contributed by atoms with E-state index in [1.165, 1.54) is 37.4 Å². The van der Waals surface area contributed by atoms with E-state index in [-0.39, 0.29) is 23.0 Å². The Morgan fingerprint density at radius 2 is 2.05 bits per heavy atom. The van der Waals surface area contributed by atoms with Crippen molar-refractivity contribution in [2.24, 2.45) is 0 Å². The van der Waals surface area contributed by atoms with Crippen molar-refractivity contribution in [3.05, 3.63) is 46.2 Å². The molecule has 0 atom stereocenters. The van der Waals surface area contributed by atoms with Crippen LogP contribution >= 0.6 is 0 Å². The summed E-state index contributed by atoms with van der Waals surface area (Å²) in [4.78, 5) is 20.7. The first-order chi connectivity index (χ1) is 9.02. The van der Waals surface area contributed by atoms with Gasteiger partial charge in [-0.25, -0.2) is 0 Å². The van der Waals surface area contributed by atoms with Gasteiger partial charge in [-0.1, -0.05) is 0 Å². The van der Waals surface area contributed by atoms with Crippen LogP contribution in [0.2, 0.25) is 0 Å². The maximum atomic E-state index is 10.7. The van der Waals surface area contributed by atoms with E-state index in [0.717, 1.165) is 0 Å². The maximum absolute atomic E-state index is 10.7. The molecular formula is C12H8NO6-. The standard InChI is InChI=1S/C12H9NO6/c1-18-11-6-7(13(16)17)2-3-8(11)9-4-5-10(19-9)12(14)15/h2-6H,1H3,(H,14,15)/p-1. The van der Waals surface area contributed by atoms with Gasteiger partial charge in [0.2, 0.25) is 0 Å². The molecule has 1 aromatic heterocycles. The summed E-state index contributed by atoms with van der Waals surface area (Å²) in [7, 11) is 1.35. The lowest BCUT2D eigenvalue weighted by Gasteiger charge is -2.05. The number of nitro groups is 1. The van der Waals surface area contributed by atoms with Gasteiger partial charge in [0.05, 0.1) is 23.7 Å². The lowest BCUT2D eigenvalue weighted by molar-refractivity contribution is -0.384. The molecule has 7 nitrogen and oxygen atoms in total. The van der Waals surface area contributed by atoms with E-state index in [2.05, 4.69) is 0 Å². The number of hydrogen-bond acceptors (Lipinski definition) is 6. The van der Waals surface area contributed by atoms with Crippen LogP contribution in [0.3, 0.4) is 0 Å². The molecule has 0 fully saturated rings. The maximum Gasteiger partial charge on any atom is 0.273 e. The fourth-order valence-electron chi connectivity index (χ4n) is 1.59. The highest BCUT2D eigenvalue weighted by Gasteiger charge is 2.15. The van der Waals surface area contributed by atoms with Gasteiger partial charge in [0.25, 0.3) is 5.69 Å². The quantitative estimate of drug-likeness (QED) is 0.606. The molecule has 0 bridgehead atoms. The van der Waals surface area contributed by atoms with E-state index in [0.29, 0.717) is 5.56 Å². The van der Waals surface area contributed by atoms with Gasteiger partial charge in [0.15, 0.2) is 0 Å². The van der Waals surface area contributed by atoms with E-state index in [4.69, 9.17) is 9.15 Å². The van der Waals surface area contributed by atoms with E-state index in [1.54, 1.807) is 0 Å². The summed E-state index contributed by atoms with van der Waals surface area (Å²) in [5.74, 6) is -1.32. The number of rotatable bonds is 4. The molecule has 0 aliphatic carbocycles. The number of carbonyl (C=O) groups is 1. The van der Waals surface area contributed by atoms with Crippen molar-refractivity contribution in [2.45, 2.75) is 0 Å². The van der Waals surface area contributed by atoms with Crippen LogP contribution in [0.1, 0.15) is 10.6 Å². The zero-order valence-corrected chi connectivity index (χ0v) is 9.78. The largest absolute Gasteiger partial charge is 0.542 e. The highest BCUT2D eigenvalue weighted by atomic mass is 16.6. The number of methoxy groups -OCH3 is 1. The second kappa shape index (κ2) is 4.81. The molecule has 2 rings (SSSR count). The fourth-order valence-corrected chi connectivity index (χ4v) is 1.59. The Labute approximate surface area is 107 Å². The van der Waals surface area contributed by atoms with Crippen molar-refractivity contribution in [3.8, 4) is 17.1 Å². The normalized spacial score (nSPS) is 10.2. The van der Waals surface area contributed by atoms with E-state index >= 15 is 0 Å². The van der Waals surface area contributed by atoms with Crippen molar-refractivity contribution in [1.82, 2.24) is 0 Å². The molecule has 7 heteroatoms. The highest BCUT2D eigenvalue weighted by molar-refractivity contribution is 5.83. The van der Waals surface area contributed by atoms with Crippen LogP contribution in [0.5, 0.6) is 5.75 Å². The highest BCUT2D eigenvalue weighted by Crippen LogP contribution is 2.34. The van der Waals surface area contributed by atoms with E-state index < -0.39 is 10.9 Å². The molecule has 0 spiro atoms. The van der Waals surface area contributed by atoms with Gasteiger partial charge in [-0.2, -0.15) is 0 Å². The number of nitrogens with zero attached hydrogens (tertiary/aromatic N) is 1. The number of non-ortho nitro benzene ring substituents is 1. The zero-order valence-electron chi connectivity index (χ0n) is 9.78. The molecule has 2 aromatic rings. The third-order valence-corrected chi connectivity index (χ3v) is 2.47. The van der Waals surface area contributed by atoms with Gasteiger partial charge in [-0.3, -0.25) is 10.1 Å². The lowest BCUT2D eigenvalue weighted by atomic mass is 10.1. The van der Waals surface area contributed by atoms with Gasteiger partial charge in [-0.15, -0.1) is 0 Å². The molecule has 98 valence electrons. The number of nitro benzene ring substituents is 1. The summed E-state index contributed by atoms with van der Waals surface area (Å²) in [5.41, 5.74) is 0.285. The van der Waals surface area contributed by atoms with E-state index in [1.807, 2.05) is 0 Å². The minimum absolute atomic E-state index is 0.132. The zero-order chi connectivity index (χ0) is 14.0. The predicted octanol–water partition coefficient (Wildman–Crippen LogP) is 1.23. The molecule has 0 unspecified atom stereocenters. The Bertz CT molecular complexity index is 645. The van der Waals surface area contributed by atoms with Crippen LogP contribution in [0.4, 0.5) is 5.69 Å². The molecule has 19 heavy (non-hydrogen) atoms. The molecule has 0 amide bonds. The monoisotopic (exact) mass is 262 g/mol. The van der Waals surface area contributed by atoms with Crippen LogP contribution < -0.4 is 9.84 Å². The topological polar surface area (TPSA) is 106 Å². The molecule has 0 aliphatic rings. The van der Waals surface area contributed by atoms with Crippen molar-refractivity contribution >= 4 is 11.7 Å². The molecule has 0 saturated heterocycles. The fraction of sp³-hybridized carbons (Fsp3) is 0.0833. The summed E-state index contributed by atoms with van der Waals surface area (Å²) < 4.78 is 10.1. The van der Waals surface area contributed by atoms with Gasteiger partial charge < -0.3 is 19.1 Å². The first-order valence-electron chi connectivity index (χ1n) is 5.17. The first kappa shape index (κ1) is 12.6. The van der Waals surface area contributed by atoms with Crippen molar-refractivity contribution in [2.75, 3.05) is 7.11 Å². The van der Waals surface area contributed by atoms with Crippen molar-refractivity contribution < 1.29 is 24.0 Å². The van der Waals surface area contributed by atoms with Crippen LogP contribution in [0.25, 0.3) is 11.3 Å². The Hall–Kier alpha value is -2.83. The van der Waals surface area contributed by atoms with Gasteiger partial charge in [0, 0.05) is 6.07 Å². The number of carboxylic acids is 1. The van der Waals surface area contributed by atoms with Gasteiger partial charge >= 0.3 is 0 Å². The van der Waals surface area contributed by atoms with Crippen molar-refractivity contribution in [3.63, 3.8) is 0 Å². The average molecular weight is 262 g/mol. The first-order valence-corrected chi connectivity index (χ1v) is 5.17. The van der Waals surface area contributed by atoms with Crippen LogP contribution in [0, 0.1) is 10.1 Å². The minimum Gasteiger partial charge on any atom is -0.542 e. The molecule has 0 saturated carbocycles. The van der Waals surface area contributed by atoms with E-state index in [9.17, 15) is 20.0 Å². The molecule has 1 heterocycles. The number of ether oxygens (including phenoxy) is 1. The molecule has 0 N–H and O–H groups in total. The smallest absolute Gasteiger partial charge is 0.273 e. The van der Waals surface area contributed by atoms with Crippen LogP contribution in [-0.2, 0) is 0 Å². The lowest BCUT2D eigenvalue weighted by Crippen LogP contribution is -2.21. The Balaban J connectivity index is 2.48. The third kappa shape index (κ3) is 2.39. The summed E-state index contributed by atoms with van der Waals surface area (Å²) in [6.07, 6.45) is 0. The second-order valence-corrected chi connectivity index (χ2v) is 3.59. The number of aromatic carboxylic acids is 1. The number of benzene rings is 1. The molecular weight excluding hydrogens is 254 g/mol. The van der Waals surface area contributed by atoms with Gasteiger partial charge in [0.1, 0.15) is 23.2 Å². The third-order valence-electron chi connectivity index (χ3n) is 2.47.